The molecule has 0 amide bonds. The summed E-state index contributed by atoms with van der Waals surface area (Å²) >= 11 is 0. The third-order valence-corrected chi connectivity index (χ3v) is 3.19. The zero-order chi connectivity index (χ0) is 13.1. The number of anilines is 1. The van der Waals surface area contributed by atoms with Crippen LogP contribution >= 0.6 is 0 Å². The minimum Gasteiger partial charge on any atom is -0.381 e. The number of aromatic nitrogens is 3. The molecule has 1 saturated heterocycles. The Morgan fingerprint density at radius 1 is 1.44 bits per heavy atom. The number of hydrogen-bond acceptors (Lipinski definition) is 5. The molecule has 2 heterocycles. The Morgan fingerprint density at radius 3 is 2.89 bits per heavy atom. The standard InChI is InChI=1S/C11H18N4O3/c1-14-10(16)9(13-15(2)11(14)17)12-5-3-8-4-6-18-7-8/h8H,3-7H2,1-2H3,(H,12,13). The summed E-state index contributed by atoms with van der Waals surface area (Å²) in [4.78, 5) is 23.2. The molecule has 100 valence electrons. The fraction of sp³-hybridized carbons (Fsp3) is 0.727. The molecule has 7 nitrogen and oxygen atoms in total. The molecule has 0 radical (unpaired) electrons. The Balaban J connectivity index is 2.01. The first-order chi connectivity index (χ1) is 8.59. The maximum absolute atomic E-state index is 11.8. The number of nitrogens with zero attached hydrogens (tertiary/aromatic N) is 3. The summed E-state index contributed by atoms with van der Waals surface area (Å²) in [7, 11) is 2.97. The number of hydrogen-bond donors (Lipinski definition) is 1. The maximum Gasteiger partial charge on any atom is 0.346 e. The molecule has 0 aliphatic carbocycles. The summed E-state index contributed by atoms with van der Waals surface area (Å²) in [6.45, 7) is 2.28. The Hall–Kier alpha value is -1.63. The predicted octanol–water partition coefficient (Wildman–Crippen LogP) is -0.682. The van der Waals surface area contributed by atoms with Crippen molar-refractivity contribution in [2.45, 2.75) is 12.8 Å². The second-order valence-corrected chi connectivity index (χ2v) is 4.56. The van der Waals surface area contributed by atoms with Crippen LogP contribution in [0.5, 0.6) is 0 Å². The van der Waals surface area contributed by atoms with Crippen LogP contribution in [0.2, 0.25) is 0 Å². The van der Waals surface area contributed by atoms with Crippen LogP contribution in [0.1, 0.15) is 12.8 Å². The highest BCUT2D eigenvalue weighted by Gasteiger charge is 2.15. The monoisotopic (exact) mass is 254 g/mol. The van der Waals surface area contributed by atoms with Crippen LogP contribution in [0.4, 0.5) is 5.82 Å². The molecule has 1 aliphatic rings. The Bertz CT molecular complexity index is 528. The van der Waals surface area contributed by atoms with Crippen LogP contribution in [0, 0.1) is 5.92 Å². The van der Waals surface area contributed by atoms with E-state index >= 15 is 0 Å². The van der Waals surface area contributed by atoms with E-state index in [1.54, 1.807) is 0 Å². The van der Waals surface area contributed by atoms with Crippen LogP contribution < -0.4 is 16.6 Å². The zero-order valence-corrected chi connectivity index (χ0v) is 10.7. The highest BCUT2D eigenvalue weighted by molar-refractivity contribution is 5.29. The molecule has 1 fully saturated rings. The van der Waals surface area contributed by atoms with Gasteiger partial charge in [-0.25, -0.2) is 9.48 Å². The van der Waals surface area contributed by atoms with Gasteiger partial charge in [-0.05, 0) is 18.8 Å². The number of rotatable bonds is 4. The molecule has 0 bridgehead atoms. The van der Waals surface area contributed by atoms with Crippen molar-refractivity contribution in [3.8, 4) is 0 Å². The van der Waals surface area contributed by atoms with Crippen molar-refractivity contribution in [2.24, 2.45) is 20.0 Å². The second-order valence-electron chi connectivity index (χ2n) is 4.56. The third-order valence-electron chi connectivity index (χ3n) is 3.19. The van der Waals surface area contributed by atoms with E-state index in [1.807, 2.05) is 0 Å². The van der Waals surface area contributed by atoms with Crippen LogP contribution in [0.3, 0.4) is 0 Å². The highest BCUT2D eigenvalue weighted by Crippen LogP contribution is 2.15. The molecule has 1 unspecified atom stereocenters. The van der Waals surface area contributed by atoms with Gasteiger partial charge in [0.15, 0.2) is 0 Å². The van der Waals surface area contributed by atoms with E-state index in [0.29, 0.717) is 12.5 Å². The van der Waals surface area contributed by atoms with Crippen molar-refractivity contribution in [1.29, 1.82) is 0 Å². The fourth-order valence-electron chi connectivity index (χ4n) is 2.02. The van der Waals surface area contributed by atoms with Gasteiger partial charge in [0.25, 0.3) is 5.56 Å². The summed E-state index contributed by atoms with van der Waals surface area (Å²) in [5, 5.41) is 6.91. The molecule has 1 N–H and O–H groups in total. The lowest BCUT2D eigenvalue weighted by Gasteiger charge is -2.10. The molecule has 1 aliphatic heterocycles. The van der Waals surface area contributed by atoms with Crippen molar-refractivity contribution in [2.75, 3.05) is 25.1 Å². The van der Waals surface area contributed by atoms with Crippen molar-refractivity contribution in [3.05, 3.63) is 20.8 Å². The van der Waals surface area contributed by atoms with Gasteiger partial charge in [-0.3, -0.25) is 9.36 Å². The quantitative estimate of drug-likeness (QED) is 0.770. The summed E-state index contributed by atoms with van der Waals surface area (Å²) < 4.78 is 7.49. The SMILES string of the molecule is Cn1nc(NCCC2CCOC2)c(=O)n(C)c1=O. The summed E-state index contributed by atoms with van der Waals surface area (Å²) in [5.41, 5.74) is -0.810. The van der Waals surface area contributed by atoms with Crippen molar-refractivity contribution in [1.82, 2.24) is 14.3 Å². The lowest BCUT2D eigenvalue weighted by atomic mass is 10.1. The van der Waals surface area contributed by atoms with Gasteiger partial charge in [0.1, 0.15) is 0 Å². The van der Waals surface area contributed by atoms with E-state index in [0.717, 1.165) is 35.3 Å². The van der Waals surface area contributed by atoms with Gasteiger partial charge in [0, 0.05) is 33.9 Å². The van der Waals surface area contributed by atoms with Crippen LogP contribution in [-0.2, 0) is 18.8 Å². The van der Waals surface area contributed by atoms with E-state index < -0.39 is 5.69 Å². The lowest BCUT2D eigenvalue weighted by Crippen LogP contribution is -2.40. The molecular formula is C11H18N4O3. The summed E-state index contributed by atoms with van der Waals surface area (Å²) in [5.74, 6) is 0.771. The summed E-state index contributed by atoms with van der Waals surface area (Å²) in [6, 6.07) is 0. The molecule has 0 saturated carbocycles. The van der Waals surface area contributed by atoms with Crippen LogP contribution in [0.15, 0.2) is 9.59 Å². The van der Waals surface area contributed by atoms with E-state index in [9.17, 15) is 9.59 Å². The molecule has 18 heavy (non-hydrogen) atoms. The van der Waals surface area contributed by atoms with Crippen molar-refractivity contribution < 1.29 is 4.74 Å². The summed E-state index contributed by atoms with van der Waals surface area (Å²) in [6.07, 6.45) is 2.01. The van der Waals surface area contributed by atoms with Gasteiger partial charge >= 0.3 is 5.69 Å². The first-order valence-corrected chi connectivity index (χ1v) is 6.05. The molecule has 0 aromatic carbocycles. The van der Waals surface area contributed by atoms with Crippen LogP contribution in [0.25, 0.3) is 0 Å². The predicted molar refractivity (Wildman–Crippen MR) is 66.8 cm³/mol. The number of nitrogens with one attached hydrogen (secondary N) is 1. The van der Waals surface area contributed by atoms with Gasteiger partial charge in [-0.1, -0.05) is 0 Å². The largest absolute Gasteiger partial charge is 0.381 e. The molecule has 1 atom stereocenters. The molecular weight excluding hydrogens is 236 g/mol. The van der Waals surface area contributed by atoms with Crippen LogP contribution in [-0.4, -0.2) is 34.1 Å². The molecule has 7 heteroatoms. The zero-order valence-electron chi connectivity index (χ0n) is 10.7. The Kier molecular flexibility index (Phi) is 3.81. The number of aryl methyl sites for hydroxylation is 1. The lowest BCUT2D eigenvalue weighted by molar-refractivity contribution is 0.185. The molecule has 0 spiro atoms. The Labute approximate surface area is 104 Å². The van der Waals surface area contributed by atoms with E-state index in [1.165, 1.54) is 14.1 Å². The smallest absolute Gasteiger partial charge is 0.346 e. The first kappa shape index (κ1) is 12.8. The van der Waals surface area contributed by atoms with E-state index in [-0.39, 0.29) is 11.4 Å². The Morgan fingerprint density at radius 2 is 2.22 bits per heavy atom. The third kappa shape index (κ3) is 2.61. The van der Waals surface area contributed by atoms with Gasteiger partial charge in [-0.2, -0.15) is 0 Å². The molecule has 1 aromatic rings. The molecule has 2 rings (SSSR count). The minimum atomic E-state index is -0.422. The second kappa shape index (κ2) is 5.34. The molecule has 1 aromatic heterocycles. The van der Waals surface area contributed by atoms with Gasteiger partial charge in [0.2, 0.25) is 5.82 Å². The minimum absolute atomic E-state index is 0.221. The highest BCUT2D eigenvalue weighted by atomic mass is 16.5. The first-order valence-electron chi connectivity index (χ1n) is 6.05. The maximum atomic E-state index is 11.8. The number of ether oxygens (including phenoxy) is 1. The average Bonchev–Trinajstić information content (AvgIpc) is 2.86. The average molecular weight is 254 g/mol. The fourth-order valence-corrected chi connectivity index (χ4v) is 2.02. The van der Waals surface area contributed by atoms with Crippen molar-refractivity contribution >= 4 is 5.82 Å². The van der Waals surface area contributed by atoms with E-state index in [4.69, 9.17) is 4.74 Å². The van der Waals surface area contributed by atoms with Gasteiger partial charge in [-0.15, -0.1) is 5.10 Å². The van der Waals surface area contributed by atoms with E-state index in [2.05, 4.69) is 10.4 Å². The van der Waals surface area contributed by atoms with Crippen molar-refractivity contribution in [3.63, 3.8) is 0 Å². The topological polar surface area (TPSA) is 78.2 Å². The normalized spacial score (nSPS) is 19.1. The van der Waals surface area contributed by atoms with Gasteiger partial charge < -0.3 is 10.1 Å². The van der Waals surface area contributed by atoms with Gasteiger partial charge in [0.05, 0.1) is 0 Å².